The van der Waals surface area contributed by atoms with Gasteiger partial charge in [-0.05, 0) is 6.92 Å². The van der Waals surface area contributed by atoms with Gasteiger partial charge >= 0.3 is 16.9 Å². The summed E-state index contributed by atoms with van der Waals surface area (Å²) in [5.41, 5.74) is -2.27. The van der Waals surface area contributed by atoms with Crippen LogP contribution in [-0.4, -0.2) is 34.6 Å². The van der Waals surface area contributed by atoms with Crippen LogP contribution in [0.4, 0.5) is 5.69 Å². The molecule has 0 unspecified atom stereocenters. The first-order valence-electron chi connectivity index (χ1n) is 5.50. The van der Waals surface area contributed by atoms with Crippen LogP contribution in [0.3, 0.4) is 0 Å². The van der Waals surface area contributed by atoms with Crippen LogP contribution < -0.4 is 11.2 Å². The Hall–Kier alpha value is -2.00. The van der Waals surface area contributed by atoms with Crippen LogP contribution >= 0.6 is 0 Å². The molecular weight excluding hydrogens is 258 g/mol. The number of aromatic nitrogens is 2. The molecule has 0 saturated heterocycles. The first kappa shape index (κ1) is 15.1. The molecule has 0 saturated carbocycles. The minimum Gasteiger partial charge on any atom is -0.354 e. The highest BCUT2D eigenvalue weighted by Gasteiger charge is 2.21. The van der Waals surface area contributed by atoms with E-state index in [1.54, 1.807) is 6.92 Å². The minimum atomic E-state index is -0.973. The van der Waals surface area contributed by atoms with Crippen molar-refractivity contribution in [3.8, 4) is 0 Å². The van der Waals surface area contributed by atoms with E-state index in [4.69, 9.17) is 9.47 Å². The molecule has 0 fully saturated rings. The second-order valence-corrected chi connectivity index (χ2v) is 3.66. The summed E-state index contributed by atoms with van der Waals surface area (Å²) in [5, 5.41) is 10.8. The topological polar surface area (TPSA) is 106 Å². The molecule has 9 heteroatoms. The predicted molar refractivity (Wildman–Crippen MR) is 65.1 cm³/mol. The van der Waals surface area contributed by atoms with Gasteiger partial charge < -0.3 is 9.47 Å². The summed E-state index contributed by atoms with van der Waals surface area (Å²) in [5.74, 6) is 0. The van der Waals surface area contributed by atoms with Crippen LogP contribution in [0.15, 0.2) is 15.8 Å². The van der Waals surface area contributed by atoms with E-state index in [1.165, 1.54) is 14.2 Å². The lowest BCUT2D eigenvalue weighted by atomic mass is 10.4. The van der Waals surface area contributed by atoms with Gasteiger partial charge in [-0.15, -0.1) is 0 Å². The number of rotatable bonds is 6. The number of hydrogen-bond acceptors (Lipinski definition) is 6. The smallest absolute Gasteiger partial charge is 0.350 e. The Labute approximate surface area is 108 Å². The molecule has 1 rings (SSSR count). The van der Waals surface area contributed by atoms with Crippen molar-refractivity contribution in [2.45, 2.75) is 26.3 Å². The average Bonchev–Trinajstić information content (AvgIpc) is 2.39. The predicted octanol–water partition coefficient (Wildman–Crippen LogP) is -0.443. The quantitative estimate of drug-likeness (QED) is 0.395. The van der Waals surface area contributed by atoms with Gasteiger partial charge in [-0.2, -0.15) is 0 Å². The SMILES string of the molecule is CCn1cc([N+](=O)[O-])c(=O)n(CC(OC)OC)c1=O. The summed E-state index contributed by atoms with van der Waals surface area (Å²) < 4.78 is 11.6. The van der Waals surface area contributed by atoms with Crippen LogP contribution in [0.1, 0.15) is 6.92 Å². The van der Waals surface area contributed by atoms with Gasteiger partial charge in [0.1, 0.15) is 0 Å². The molecule has 0 aromatic carbocycles. The molecule has 0 radical (unpaired) electrons. The standard InChI is InChI=1S/C10H15N3O6/c1-4-11-5-7(13(16)17)9(14)12(10(11)15)6-8(18-2)19-3/h5,8H,4,6H2,1-3H3. The van der Waals surface area contributed by atoms with Crippen LogP contribution in [-0.2, 0) is 22.6 Å². The van der Waals surface area contributed by atoms with Gasteiger partial charge in [-0.25, -0.2) is 9.36 Å². The van der Waals surface area contributed by atoms with Gasteiger partial charge in [0.15, 0.2) is 6.29 Å². The number of ether oxygens (including phenoxy) is 2. The maximum atomic E-state index is 12.0. The van der Waals surface area contributed by atoms with E-state index in [9.17, 15) is 19.7 Å². The molecule has 1 heterocycles. The van der Waals surface area contributed by atoms with Gasteiger partial charge in [0.05, 0.1) is 17.7 Å². The lowest BCUT2D eigenvalue weighted by molar-refractivity contribution is -0.387. The van der Waals surface area contributed by atoms with Crippen molar-refractivity contribution in [2.24, 2.45) is 0 Å². The third kappa shape index (κ3) is 3.06. The molecule has 9 nitrogen and oxygen atoms in total. The molecule has 0 spiro atoms. The van der Waals surface area contributed by atoms with Crippen molar-refractivity contribution >= 4 is 5.69 Å². The van der Waals surface area contributed by atoms with Crippen molar-refractivity contribution in [3.05, 3.63) is 37.1 Å². The minimum absolute atomic E-state index is 0.213. The Balaban J connectivity index is 3.44. The molecule has 0 bridgehead atoms. The zero-order valence-corrected chi connectivity index (χ0v) is 10.9. The molecule has 106 valence electrons. The van der Waals surface area contributed by atoms with E-state index in [2.05, 4.69) is 0 Å². The maximum Gasteiger partial charge on any atom is 0.350 e. The molecule has 0 amide bonds. The zero-order valence-electron chi connectivity index (χ0n) is 10.9. The van der Waals surface area contributed by atoms with Crippen molar-refractivity contribution in [2.75, 3.05) is 14.2 Å². The van der Waals surface area contributed by atoms with Gasteiger partial charge in [0.25, 0.3) is 0 Å². The fourth-order valence-electron chi connectivity index (χ4n) is 1.55. The highest BCUT2D eigenvalue weighted by atomic mass is 16.7. The van der Waals surface area contributed by atoms with E-state index >= 15 is 0 Å². The van der Waals surface area contributed by atoms with Crippen LogP contribution in [0.25, 0.3) is 0 Å². The van der Waals surface area contributed by atoms with Crippen molar-refractivity contribution in [1.82, 2.24) is 9.13 Å². The van der Waals surface area contributed by atoms with Gasteiger partial charge in [-0.1, -0.05) is 0 Å². The number of nitro groups is 1. The maximum absolute atomic E-state index is 12.0. The second kappa shape index (κ2) is 6.25. The monoisotopic (exact) mass is 273 g/mol. The Kier molecular flexibility index (Phi) is 4.95. The third-order valence-electron chi connectivity index (χ3n) is 2.61. The second-order valence-electron chi connectivity index (χ2n) is 3.66. The highest BCUT2D eigenvalue weighted by molar-refractivity contribution is 5.21. The van der Waals surface area contributed by atoms with Gasteiger partial charge in [0.2, 0.25) is 0 Å². The lowest BCUT2D eigenvalue weighted by Crippen LogP contribution is -2.43. The van der Waals surface area contributed by atoms with Crippen LogP contribution in [0.2, 0.25) is 0 Å². The first-order valence-corrected chi connectivity index (χ1v) is 5.50. The highest BCUT2D eigenvalue weighted by Crippen LogP contribution is 2.01. The summed E-state index contributed by atoms with van der Waals surface area (Å²) in [6, 6.07) is 0. The molecule has 19 heavy (non-hydrogen) atoms. The molecule has 0 aliphatic heterocycles. The molecule has 1 aromatic heterocycles. The molecule has 0 atom stereocenters. The van der Waals surface area contributed by atoms with Crippen molar-refractivity contribution < 1.29 is 14.4 Å². The summed E-state index contributed by atoms with van der Waals surface area (Å²) in [6.45, 7) is 1.64. The fraction of sp³-hybridized carbons (Fsp3) is 0.600. The number of hydrogen-bond donors (Lipinski definition) is 0. The van der Waals surface area contributed by atoms with E-state index in [-0.39, 0.29) is 13.1 Å². The molecule has 0 N–H and O–H groups in total. The molecule has 0 aliphatic rings. The zero-order chi connectivity index (χ0) is 14.6. The Morgan fingerprint density at radius 3 is 2.37 bits per heavy atom. The Morgan fingerprint density at radius 2 is 1.95 bits per heavy atom. The van der Waals surface area contributed by atoms with Crippen LogP contribution in [0.5, 0.6) is 0 Å². The van der Waals surface area contributed by atoms with Gasteiger partial charge in [0, 0.05) is 20.8 Å². The van der Waals surface area contributed by atoms with Crippen LogP contribution in [0, 0.1) is 10.1 Å². The Morgan fingerprint density at radius 1 is 1.37 bits per heavy atom. The van der Waals surface area contributed by atoms with Crippen molar-refractivity contribution in [3.63, 3.8) is 0 Å². The molecule has 1 aromatic rings. The van der Waals surface area contributed by atoms with E-state index in [1.807, 2.05) is 0 Å². The number of methoxy groups -OCH3 is 2. The lowest BCUT2D eigenvalue weighted by Gasteiger charge is -2.15. The van der Waals surface area contributed by atoms with E-state index in [0.29, 0.717) is 0 Å². The molecular formula is C10H15N3O6. The summed E-state index contributed by atoms with van der Waals surface area (Å²) in [6.07, 6.45) is 0.105. The molecule has 0 aliphatic carbocycles. The van der Waals surface area contributed by atoms with E-state index in [0.717, 1.165) is 15.3 Å². The first-order chi connectivity index (χ1) is 8.96. The van der Waals surface area contributed by atoms with Crippen molar-refractivity contribution in [1.29, 1.82) is 0 Å². The summed E-state index contributed by atoms with van der Waals surface area (Å²) in [4.78, 5) is 33.8. The normalized spacial score (nSPS) is 10.9. The summed E-state index contributed by atoms with van der Waals surface area (Å²) >= 11 is 0. The van der Waals surface area contributed by atoms with Gasteiger partial charge in [-0.3, -0.25) is 19.5 Å². The number of aryl methyl sites for hydroxylation is 1. The third-order valence-corrected chi connectivity index (χ3v) is 2.61. The largest absolute Gasteiger partial charge is 0.354 e. The van der Waals surface area contributed by atoms with E-state index < -0.39 is 28.1 Å². The Bertz CT molecular complexity index is 572. The average molecular weight is 273 g/mol. The summed E-state index contributed by atoms with van der Waals surface area (Å²) in [7, 11) is 2.68. The number of nitrogens with zero attached hydrogens (tertiary/aromatic N) is 3. The fourth-order valence-corrected chi connectivity index (χ4v) is 1.55.